The Kier molecular flexibility index (Phi) is 3.94. The number of imide groups is 1. The minimum Gasteiger partial charge on any atom is -0.344 e. The van der Waals surface area contributed by atoms with Crippen molar-refractivity contribution >= 4 is 17.7 Å². The molecule has 1 aromatic rings. The van der Waals surface area contributed by atoms with Gasteiger partial charge in [-0.3, -0.25) is 19.3 Å². The van der Waals surface area contributed by atoms with Crippen molar-refractivity contribution in [1.82, 2.24) is 9.80 Å². The van der Waals surface area contributed by atoms with Crippen LogP contribution < -0.4 is 0 Å². The van der Waals surface area contributed by atoms with Crippen molar-refractivity contribution in [3.63, 3.8) is 0 Å². The molecule has 4 atom stereocenters. The molecule has 3 aliphatic rings. The summed E-state index contributed by atoms with van der Waals surface area (Å²) >= 11 is 0. The van der Waals surface area contributed by atoms with Crippen LogP contribution in [0.5, 0.6) is 0 Å². The first-order valence-corrected chi connectivity index (χ1v) is 8.87. The van der Waals surface area contributed by atoms with E-state index in [-0.39, 0.29) is 47.9 Å². The first kappa shape index (κ1) is 16.1. The predicted octanol–water partition coefficient (Wildman–Crippen LogP) is 1.49. The number of nitrogens with zero attached hydrogens (tertiary/aromatic N) is 2. The molecule has 1 heterocycles. The van der Waals surface area contributed by atoms with E-state index in [2.05, 4.69) is 12.2 Å². The van der Waals surface area contributed by atoms with Crippen LogP contribution in [0, 0.1) is 23.7 Å². The van der Waals surface area contributed by atoms with Gasteiger partial charge in [0, 0.05) is 13.6 Å². The van der Waals surface area contributed by atoms with E-state index in [9.17, 15) is 14.4 Å². The van der Waals surface area contributed by atoms with Crippen molar-refractivity contribution in [3.05, 3.63) is 48.0 Å². The van der Waals surface area contributed by atoms with E-state index in [1.54, 1.807) is 11.9 Å². The molecule has 2 bridgehead atoms. The van der Waals surface area contributed by atoms with Gasteiger partial charge in [0.2, 0.25) is 17.7 Å². The minimum absolute atomic E-state index is 0.130. The van der Waals surface area contributed by atoms with E-state index >= 15 is 0 Å². The van der Waals surface area contributed by atoms with Gasteiger partial charge in [0.05, 0.1) is 11.8 Å². The summed E-state index contributed by atoms with van der Waals surface area (Å²) in [5, 5.41) is 0. The number of benzene rings is 1. The molecule has 0 radical (unpaired) electrons. The molecule has 1 aromatic carbocycles. The van der Waals surface area contributed by atoms with E-state index < -0.39 is 0 Å². The molecule has 5 heteroatoms. The van der Waals surface area contributed by atoms with Gasteiger partial charge in [-0.1, -0.05) is 42.5 Å². The van der Waals surface area contributed by atoms with Crippen molar-refractivity contribution < 1.29 is 14.4 Å². The molecule has 0 spiro atoms. The van der Waals surface area contributed by atoms with E-state index in [4.69, 9.17) is 0 Å². The predicted molar refractivity (Wildman–Crippen MR) is 92.2 cm³/mol. The van der Waals surface area contributed by atoms with Gasteiger partial charge >= 0.3 is 0 Å². The Hall–Kier alpha value is -2.43. The van der Waals surface area contributed by atoms with E-state index in [0.29, 0.717) is 6.54 Å². The SMILES string of the molecule is CN(CCc1ccccc1)C(=O)CN1C(=O)[C@@H]2[C@H](C1=O)[C@H]1C=C[C@H]2C1. The lowest BCUT2D eigenvalue weighted by atomic mass is 9.85. The molecule has 2 fully saturated rings. The summed E-state index contributed by atoms with van der Waals surface area (Å²) < 4.78 is 0. The molecule has 130 valence electrons. The van der Waals surface area contributed by atoms with E-state index in [1.807, 2.05) is 30.3 Å². The summed E-state index contributed by atoms with van der Waals surface area (Å²) in [5.41, 5.74) is 1.16. The Morgan fingerprint density at radius 1 is 1.08 bits per heavy atom. The fraction of sp³-hybridized carbons (Fsp3) is 0.450. The minimum atomic E-state index is -0.232. The maximum absolute atomic E-state index is 12.6. The van der Waals surface area contributed by atoms with Crippen LogP contribution in [0.2, 0.25) is 0 Å². The summed E-state index contributed by atoms with van der Waals surface area (Å²) in [5.74, 6) is -0.592. The molecule has 5 nitrogen and oxygen atoms in total. The lowest BCUT2D eigenvalue weighted by molar-refractivity contribution is -0.146. The highest BCUT2D eigenvalue weighted by Crippen LogP contribution is 2.52. The molecule has 25 heavy (non-hydrogen) atoms. The largest absolute Gasteiger partial charge is 0.344 e. The van der Waals surface area contributed by atoms with Crippen LogP contribution in [-0.2, 0) is 20.8 Å². The second kappa shape index (κ2) is 6.14. The third kappa shape index (κ3) is 2.68. The molecular weight excluding hydrogens is 316 g/mol. The van der Waals surface area contributed by atoms with Gasteiger partial charge in [-0.05, 0) is 30.2 Å². The molecule has 0 N–H and O–H groups in total. The van der Waals surface area contributed by atoms with Gasteiger partial charge < -0.3 is 4.90 Å². The number of rotatable bonds is 5. The smallest absolute Gasteiger partial charge is 0.242 e. The average molecular weight is 338 g/mol. The van der Waals surface area contributed by atoms with Crippen molar-refractivity contribution in [2.45, 2.75) is 12.8 Å². The van der Waals surface area contributed by atoms with Gasteiger partial charge in [-0.15, -0.1) is 0 Å². The van der Waals surface area contributed by atoms with Gasteiger partial charge in [0.1, 0.15) is 6.54 Å². The normalized spacial score (nSPS) is 29.4. The van der Waals surface area contributed by atoms with Crippen molar-refractivity contribution in [3.8, 4) is 0 Å². The first-order valence-electron chi connectivity index (χ1n) is 8.87. The number of likely N-dealkylation sites (tertiary alicyclic amines) is 1. The number of likely N-dealkylation sites (N-methyl/N-ethyl adjacent to an activating group) is 1. The molecule has 0 aromatic heterocycles. The zero-order chi connectivity index (χ0) is 17.6. The summed E-state index contributed by atoms with van der Waals surface area (Å²) in [6.45, 7) is 0.439. The summed E-state index contributed by atoms with van der Waals surface area (Å²) in [6, 6.07) is 9.95. The highest BCUT2D eigenvalue weighted by molar-refractivity contribution is 6.08. The Morgan fingerprint density at radius 3 is 2.28 bits per heavy atom. The molecule has 1 saturated heterocycles. The third-order valence-corrected chi connectivity index (χ3v) is 5.86. The molecule has 1 saturated carbocycles. The number of hydrogen-bond acceptors (Lipinski definition) is 3. The second-order valence-electron chi connectivity index (χ2n) is 7.31. The van der Waals surface area contributed by atoms with E-state index in [0.717, 1.165) is 18.4 Å². The first-order chi connectivity index (χ1) is 12.1. The fourth-order valence-corrected chi connectivity index (χ4v) is 4.44. The van der Waals surface area contributed by atoms with Crippen LogP contribution in [0.15, 0.2) is 42.5 Å². The van der Waals surface area contributed by atoms with Crippen molar-refractivity contribution in [2.75, 3.05) is 20.1 Å². The topological polar surface area (TPSA) is 57.7 Å². The Balaban J connectivity index is 1.36. The molecule has 2 aliphatic carbocycles. The number of carbonyl (C=O) groups excluding carboxylic acids is 3. The van der Waals surface area contributed by atoms with E-state index in [1.165, 1.54) is 4.90 Å². The lowest BCUT2D eigenvalue weighted by Crippen LogP contribution is -2.43. The summed E-state index contributed by atoms with van der Waals surface area (Å²) in [4.78, 5) is 40.5. The van der Waals surface area contributed by atoms with Crippen LogP contribution in [0.3, 0.4) is 0 Å². The van der Waals surface area contributed by atoms with Gasteiger partial charge in [-0.2, -0.15) is 0 Å². The Bertz CT molecular complexity index is 713. The average Bonchev–Trinajstić information content (AvgIpc) is 3.30. The summed E-state index contributed by atoms with van der Waals surface area (Å²) in [7, 11) is 1.72. The monoisotopic (exact) mass is 338 g/mol. The number of amides is 3. The van der Waals surface area contributed by atoms with Gasteiger partial charge in [-0.25, -0.2) is 0 Å². The highest BCUT2D eigenvalue weighted by atomic mass is 16.2. The molecule has 3 amide bonds. The Morgan fingerprint density at radius 2 is 1.68 bits per heavy atom. The number of allylic oxidation sites excluding steroid dienone is 2. The van der Waals surface area contributed by atoms with Crippen LogP contribution in [0.4, 0.5) is 0 Å². The zero-order valence-electron chi connectivity index (χ0n) is 14.3. The van der Waals surface area contributed by atoms with Crippen molar-refractivity contribution in [2.24, 2.45) is 23.7 Å². The van der Waals surface area contributed by atoms with Crippen LogP contribution in [-0.4, -0.2) is 47.7 Å². The highest BCUT2D eigenvalue weighted by Gasteiger charge is 2.59. The van der Waals surface area contributed by atoms with Crippen molar-refractivity contribution in [1.29, 1.82) is 0 Å². The lowest BCUT2D eigenvalue weighted by Gasteiger charge is -2.22. The van der Waals surface area contributed by atoms with Gasteiger partial charge in [0.15, 0.2) is 0 Å². The number of carbonyl (C=O) groups is 3. The maximum Gasteiger partial charge on any atom is 0.242 e. The molecular formula is C20H22N2O3. The number of hydrogen-bond donors (Lipinski definition) is 0. The number of fused-ring (bicyclic) bond motifs is 5. The standard InChI is InChI=1S/C20H22N2O3/c1-21(10-9-13-5-3-2-4-6-13)16(23)12-22-19(24)17-14-7-8-15(11-14)18(17)20(22)25/h2-8,14-15,17-18H,9-12H2,1H3/t14-,15-,17-,18+/m0/s1. The van der Waals surface area contributed by atoms with Crippen LogP contribution >= 0.6 is 0 Å². The van der Waals surface area contributed by atoms with Gasteiger partial charge in [0.25, 0.3) is 0 Å². The molecule has 4 rings (SSSR count). The quantitative estimate of drug-likeness (QED) is 0.604. The molecule has 1 aliphatic heterocycles. The molecule has 0 unspecified atom stereocenters. The van der Waals surface area contributed by atoms with Crippen LogP contribution in [0.25, 0.3) is 0 Å². The van der Waals surface area contributed by atoms with Crippen LogP contribution in [0.1, 0.15) is 12.0 Å². The third-order valence-electron chi connectivity index (χ3n) is 5.86. The zero-order valence-corrected chi connectivity index (χ0v) is 14.3. The summed E-state index contributed by atoms with van der Waals surface area (Å²) in [6.07, 6.45) is 5.79. The second-order valence-corrected chi connectivity index (χ2v) is 7.31. The maximum atomic E-state index is 12.6. The fourth-order valence-electron chi connectivity index (χ4n) is 4.44. The Labute approximate surface area is 147 Å².